The first-order valence-corrected chi connectivity index (χ1v) is 9.54. The molecule has 1 saturated heterocycles. The van der Waals surface area contributed by atoms with Crippen LogP contribution in [0.4, 0.5) is 18.9 Å². The maximum Gasteiger partial charge on any atom is 0.416 e. The van der Waals surface area contributed by atoms with E-state index < -0.39 is 23.7 Å². The number of halogens is 3. The molecule has 1 atom stereocenters. The minimum absolute atomic E-state index is 0.0243. The molecular formula is C21H17F3N4O4. The van der Waals surface area contributed by atoms with Crippen LogP contribution >= 0.6 is 0 Å². The van der Waals surface area contributed by atoms with Crippen molar-refractivity contribution in [2.45, 2.75) is 25.1 Å². The molecule has 2 amide bonds. The van der Waals surface area contributed by atoms with Crippen LogP contribution in [0.3, 0.4) is 0 Å². The van der Waals surface area contributed by atoms with Crippen LogP contribution < -0.4 is 10.1 Å². The highest BCUT2D eigenvalue weighted by atomic mass is 19.4. The molecule has 0 radical (unpaired) electrons. The van der Waals surface area contributed by atoms with Crippen molar-refractivity contribution in [3.63, 3.8) is 0 Å². The van der Waals surface area contributed by atoms with Crippen LogP contribution in [0.5, 0.6) is 11.5 Å². The molecule has 0 bridgehead atoms. The van der Waals surface area contributed by atoms with Crippen LogP contribution in [0.2, 0.25) is 0 Å². The average Bonchev–Trinajstić information content (AvgIpc) is 3.39. The first kappa shape index (κ1) is 21.3. The van der Waals surface area contributed by atoms with E-state index in [9.17, 15) is 22.8 Å². The van der Waals surface area contributed by atoms with Gasteiger partial charge in [-0.25, -0.2) is 0 Å². The van der Waals surface area contributed by atoms with Crippen molar-refractivity contribution in [3.8, 4) is 23.0 Å². The minimum Gasteiger partial charge on any atom is -0.457 e. The molecule has 2 heterocycles. The van der Waals surface area contributed by atoms with E-state index >= 15 is 0 Å². The Hall–Kier alpha value is -3.89. The summed E-state index contributed by atoms with van der Waals surface area (Å²) in [6.45, 7) is 0. The highest BCUT2D eigenvalue weighted by Crippen LogP contribution is 2.35. The second kappa shape index (κ2) is 8.33. The molecule has 1 aromatic heterocycles. The fourth-order valence-electron chi connectivity index (χ4n) is 3.37. The van der Waals surface area contributed by atoms with Crippen LogP contribution in [-0.4, -0.2) is 40.0 Å². The predicted molar refractivity (Wildman–Crippen MR) is 106 cm³/mol. The molecule has 0 aliphatic carbocycles. The molecule has 11 heteroatoms. The predicted octanol–water partition coefficient (Wildman–Crippen LogP) is 4.11. The van der Waals surface area contributed by atoms with Crippen LogP contribution in [-0.2, 0) is 15.8 Å². The van der Waals surface area contributed by atoms with Gasteiger partial charge in [-0.15, -0.1) is 10.2 Å². The van der Waals surface area contributed by atoms with Gasteiger partial charge in [-0.05, 0) is 36.8 Å². The lowest BCUT2D eigenvalue weighted by molar-refractivity contribution is -0.137. The number of likely N-dealkylation sites (tertiary alicyclic amines) is 1. The maximum absolute atomic E-state index is 13.0. The van der Waals surface area contributed by atoms with Crippen molar-refractivity contribution in [1.29, 1.82) is 0 Å². The lowest BCUT2D eigenvalue weighted by Gasteiger charge is -2.20. The topological polar surface area (TPSA) is 97.6 Å². The molecule has 0 saturated carbocycles. The first-order chi connectivity index (χ1) is 15.2. The number of nitrogens with zero attached hydrogens (tertiary/aromatic N) is 3. The Morgan fingerprint density at radius 3 is 2.66 bits per heavy atom. The molecule has 1 aliphatic rings. The Morgan fingerprint density at radius 2 is 2.00 bits per heavy atom. The van der Waals surface area contributed by atoms with Gasteiger partial charge >= 0.3 is 6.18 Å². The molecular weight excluding hydrogens is 429 g/mol. The Bertz CT molecular complexity index is 1150. The number of hydrogen-bond donors (Lipinski definition) is 1. The Labute approximate surface area is 180 Å². The van der Waals surface area contributed by atoms with E-state index in [0.717, 1.165) is 18.5 Å². The van der Waals surface area contributed by atoms with Crippen LogP contribution in [0.15, 0.2) is 53.3 Å². The van der Waals surface area contributed by atoms with Gasteiger partial charge in [0.2, 0.25) is 24.1 Å². The smallest absolute Gasteiger partial charge is 0.416 e. The van der Waals surface area contributed by atoms with E-state index in [4.69, 9.17) is 9.15 Å². The summed E-state index contributed by atoms with van der Waals surface area (Å²) >= 11 is 0. The van der Waals surface area contributed by atoms with Gasteiger partial charge in [-0.3, -0.25) is 9.59 Å². The van der Waals surface area contributed by atoms with Gasteiger partial charge in [0.05, 0.1) is 16.8 Å². The maximum atomic E-state index is 13.0. The summed E-state index contributed by atoms with van der Waals surface area (Å²) in [5, 5.41) is 10.2. The molecule has 166 valence electrons. The highest BCUT2D eigenvalue weighted by Gasteiger charge is 2.34. The highest BCUT2D eigenvalue weighted by molar-refractivity contribution is 6.01. The molecule has 0 spiro atoms. The normalized spacial score (nSPS) is 16.3. The van der Waals surface area contributed by atoms with Crippen LogP contribution in [0.25, 0.3) is 11.5 Å². The molecule has 3 aromatic rings. The summed E-state index contributed by atoms with van der Waals surface area (Å²) in [7, 11) is 1.55. The number of rotatable bonds is 5. The molecule has 1 fully saturated rings. The van der Waals surface area contributed by atoms with Crippen LogP contribution in [0, 0.1) is 0 Å². The molecule has 1 aliphatic heterocycles. The summed E-state index contributed by atoms with van der Waals surface area (Å²) in [6.07, 6.45) is -2.75. The Morgan fingerprint density at radius 1 is 1.22 bits per heavy atom. The Kier molecular flexibility index (Phi) is 5.56. The van der Waals surface area contributed by atoms with E-state index in [1.54, 1.807) is 7.05 Å². The summed E-state index contributed by atoms with van der Waals surface area (Å²) in [6, 6.07) is 8.27. The first-order valence-electron chi connectivity index (χ1n) is 9.54. The minimum atomic E-state index is -4.51. The number of hydrogen-bond acceptors (Lipinski definition) is 6. The number of carbonyl (C=O) groups excluding carboxylic acids is 2. The number of alkyl halides is 3. The summed E-state index contributed by atoms with van der Waals surface area (Å²) in [5.41, 5.74) is -0.212. The van der Waals surface area contributed by atoms with Gasteiger partial charge in [0.15, 0.2) is 0 Å². The van der Waals surface area contributed by atoms with Crippen molar-refractivity contribution in [3.05, 3.63) is 54.4 Å². The molecule has 8 nitrogen and oxygen atoms in total. The van der Waals surface area contributed by atoms with Crippen molar-refractivity contribution in [2.24, 2.45) is 0 Å². The molecule has 32 heavy (non-hydrogen) atoms. The van der Waals surface area contributed by atoms with Crippen molar-refractivity contribution < 1.29 is 31.9 Å². The van der Waals surface area contributed by atoms with Crippen molar-refractivity contribution in [1.82, 2.24) is 15.1 Å². The summed E-state index contributed by atoms with van der Waals surface area (Å²) < 4.78 is 49.7. The van der Waals surface area contributed by atoms with Gasteiger partial charge in [0, 0.05) is 19.5 Å². The third-order valence-corrected chi connectivity index (χ3v) is 5.03. The summed E-state index contributed by atoms with van der Waals surface area (Å²) in [4.78, 5) is 25.9. The third-order valence-electron chi connectivity index (χ3n) is 5.03. The van der Waals surface area contributed by atoms with E-state index in [1.807, 2.05) is 0 Å². The second-order valence-corrected chi connectivity index (χ2v) is 7.13. The fraction of sp³-hybridized carbons (Fsp3) is 0.238. The number of anilines is 1. The number of nitrogens with one attached hydrogen (secondary N) is 1. The van der Waals surface area contributed by atoms with Crippen molar-refractivity contribution in [2.75, 3.05) is 12.4 Å². The zero-order chi connectivity index (χ0) is 22.9. The largest absolute Gasteiger partial charge is 0.457 e. The zero-order valence-corrected chi connectivity index (χ0v) is 16.7. The average molecular weight is 446 g/mol. The van der Waals surface area contributed by atoms with E-state index in [1.165, 1.54) is 35.2 Å². The van der Waals surface area contributed by atoms with Crippen LogP contribution in [0.1, 0.15) is 18.4 Å². The van der Waals surface area contributed by atoms with Gasteiger partial charge in [-0.1, -0.05) is 6.07 Å². The lowest BCUT2D eigenvalue weighted by atomic mass is 10.1. The standard InChI is InChI=1S/C21H17F3N4O4/c1-28-17(7-8-18(28)29)19(30)26-16-10-14(5-6-15(16)20-27-25-11-31-20)32-13-4-2-3-12(9-13)21(22,23)24/h2-6,9-11,17H,7-8H2,1H3,(H,26,30). The van der Waals surface area contributed by atoms with Gasteiger partial charge in [0.25, 0.3) is 0 Å². The number of amides is 2. The second-order valence-electron chi connectivity index (χ2n) is 7.13. The number of ether oxygens (including phenoxy) is 1. The van der Waals surface area contributed by atoms with Gasteiger partial charge in [-0.2, -0.15) is 13.2 Å². The van der Waals surface area contributed by atoms with Crippen molar-refractivity contribution >= 4 is 17.5 Å². The number of likely N-dealkylation sites (N-methyl/N-ethyl adjacent to an activating group) is 1. The van der Waals surface area contributed by atoms with Gasteiger partial charge in [0.1, 0.15) is 17.5 Å². The Balaban J connectivity index is 1.63. The quantitative estimate of drug-likeness (QED) is 0.634. The zero-order valence-electron chi connectivity index (χ0n) is 16.7. The molecule has 1 N–H and O–H groups in total. The number of aromatic nitrogens is 2. The third kappa shape index (κ3) is 4.41. The monoisotopic (exact) mass is 446 g/mol. The molecule has 4 rings (SSSR count). The van der Waals surface area contributed by atoms with Gasteiger partial charge < -0.3 is 19.4 Å². The van der Waals surface area contributed by atoms with E-state index in [2.05, 4.69) is 15.5 Å². The van der Waals surface area contributed by atoms with E-state index in [-0.39, 0.29) is 35.4 Å². The number of benzene rings is 2. The van der Waals surface area contributed by atoms with E-state index in [0.29, 0.717) is 12.0 Å². The number of carbonyl (C=O) groups is 2. The lowest BCUT2D eigenvalue weighted by Crippen LogP contribution is -2.39. The SMILES string of the molecule is CN1C(=O)CCC1C(=O)Nc1cc(Oc2cccc(C(F)(F)F)c2)ccc1-c1nnco1. The fourth-order valence-corrected chi connectivity index (χ4v) is 3.37. The molecule has 1 unspecified atom stereocenters. The molecule has 2 aromatic carbocycles. The summed E-state index contributed by atoms with van der Waals surface area (Å²) in [5.74, 6) is -0.275.